The van der Waals surface area contributed by atoms with Crippen LogP contribution in [-0.4, -0.2) is 23.5 Å². The molecule has 0 aromatic carbocycles. The number of nitrogens with one attached hydrogen (secondary N) is 1. The van der Waals surface area contributed by atoms with Crippen LogP contribution in [0.25, 0.3) is 0 Å². The van der Waals surface area contributed by atoms with Gasteiger partial charge in [0.25, 0.3) is 5.91 Å². The van der Waals surface area contributed by atoms with Crippen molar-refractivity contribution >= 4 is 17.2 Å². The highest BCUT2D eigenvalue weighted by Gasteiger charge is 2.09. The van der Waals surface area contributed by atoms with Crippen molar-refractivity contribution in [1.29, 1.82) is 0 Å². The van der Waals surface area contributed by atoms with Crippen molar-refractivity contribution in [2.24, 2.45) is 0 Å². The molecule has 2 aromatic rings. The van der Waals surface area contributed by atoms with Gasteiger partial charge >= 0.3 is 0 Å². The van der Waals surface area contributed by atoms with Crippen LogP contribution in [0.2, 0.25) is 0 Å². The number of thiophene rings is 1. The van der Waals surface area contributed by atoms with Gasteiger partial charge in [0.05, 0.1) is 12.7 Å². The molecule has 18 heavy (non-hydrogen) atoms. The zero-order chi connectivity index (χ0) is 12.8. The zero-order valence-electron chi connectivity index (χ0n) is 10.00. The van der Waals surface area contributed by atoms with Crippen LogP contribution in [-0.2, 0) is 0 Å². The third kappa shape index (κ3) is 3.56. The molecule has 0 radical (unpaired) electrons. The van der Waals surface area contributed by atoms with Gasteiger partial charge in [0.2, 0.25) is 0 Å². The van der Waals surface area contributed by atoms with Crippen molar-refractivity contribution in [2.75, 3.05) is 6.54 Å². The molecule has 0 aliphatic heterocycles. The number of amides is 1. The van der Waals surface area contributed by atoms with E-state index in [2.05, 4.69) is 10.3 Å². The number of aromatic nitrogens is 1. The molecule has 0 spiro atoms. The molecular formula is C13H14N2O2S. The fourth-order valence-electron chi connectivity index (χ4n) is 1.42. The van der Waals surface area contributed by atoms with Crippen molar-refractivity contribution in [2.45, 2.75) is 13.0 Å². The van der Waals surface area contributed by atoms with Gasteiger partial charge in [-0.15, -0.1) is 0 Å². The Labute approximate surface area is 110 Å². The second-order valence-corrected chi connectivity index (χ2v) is 4.62. The highest BCUT2D eigenvalue weighted by atomic mass is 32.1. The van der Waals surface area contributed by atoms with Crippen molar-refractivity contribution in [3.8, 4) is 5.75 Å². The Morgan fingerprint density at radius 2 is 2.44 bits per heavy atom. The first-order valence-electron chi connectivity index (χ1n) is 5.63. The van der Waals surface area contributed by atoms with Crippen LogP contribution in [0.3, 0.4) is 0 Å². The molecule has 0 saturated heterocycles. The van der Waals surface area contributed by atoms with Crippen LogP contribution in [0.4, 0.5) is 0 Å². The first kappa shape index (κ1) is 12.6. The summed E-state index contributed by atoms with van der Waals surface area (Å²) in [6.45, 7) is 2.37. The van der Waals surface area contributed by atoms with Gasteiger partial charge in [-0.2, -0.15) is 11.3 Å². The molecule has 2 aromatic heterocycles. The molecule has 1 amide bonds. The topological polar surface area (TPSA) is 51.2 Å². The van der Waals surface area contributed by atoms with Gasteiger partial charge in [0, 0.05) is 17.1 Å². The van der Waals surface area contributed by atoms with Gasteiger partial charge in [0.15, 0.2) is 0 Å². The fourth-order valence-corrected chi connectivity index (χ4v) is 2.06. The molecule has 2 heterocycles. The number of nitrogens with zero attached hydrogens (tertiary/aromatic N) is 1. The van der Waals surface area contributed by atoms with E-state index in [1.165, 1.54) is 11.3 Å². The second-order valence-electron chi connectivity index (χ2n) is 3.84. The number of carbonyl (C=O) groups is 1. The average Bonchev–Trinajstić information content (AvgIpc) is 2.91. The predicted molar refractivity (Wildman–Crippen MR) is 71.0 cm³/mol. The molecule has 1 N–H and O–H groups in total. The largest absolute Gasteiger partial charge is 0.487 e. The van der Waals surface area contributed by atoms with E-state index in [1.54, 1.807) is 18.5 Å². The van der Waals surface area contributed by atoms with Crippen LogP contribution >= 0.6 is 11.3 Å². The summed E-state index contributed by atoms with van der Waals surface area (Å²) in [6.07, 6.45) is 3.24. The standard InChI is InChI=1S/C13H14N2O2S/c1-10(17-12-3-2-5-14-8-12)7-15-13(16)11-4-6-18-9-11/h2-6,8-10H,7H2,1H3,(H,15,16)/t10-/m1/s1. The van der Waals surface area contributed by atoms with Crippen LogP contribution in [0.15, 0.2) is 41.4 Å². The van der Waals surface area contributed by atoms with E-state index in [0.717, 1.165) is 0 Å². The summed E-state index contributed by atoms with van der Waals surface area (Å²) >= 11 is 1.50. The Bertz CT molecular complexity index is 485. The van der Waals surface area contributed by atoms with Crippen LogP contribution in [0.1, 0.15) is 17.3 Å². The molecule has 1 atom stereocenters. The lowest BCUT2D eigenvalue weighted by Crippen LogP contribution is -2.33. The van der Waals surface area contributed by atoms with Crippen molar-refractivity contribution in [3.63, 3.8) is 0 Å². The fraction of sp³-hybridized carbons (Fsp3) is 0.231. The molecule has 0 saturated carbocycles. The normalized spacial score (nSPS) is 11.8. The summed E-state index contributed by atoms with van der Waals surface area (Å²) in [6, 6.07) is 5.45. The first-order valence-corrected chi connectivity index (χ1v) is 6.57. The van der Waals surface area contributed by atoms with E-state index in [1.807, 2.05) is 29.8 Å². The lowest BCUT2D eigenvalue weighted by Gasteiger charge is -2.14. The van der Waals surface area contributed by atoms with E-state index in [4.69, 9.17) is 4.74 Å². The molecule has 0 aliphatic rings. The number of carbonyl (C=O) groups excluding carboxylic acids is 1. The lowest BCUT2D eigenvalue weighted by atomic mass is 10.3. The van der Waals surface area contributed by atoms with Gasteiger partial charge in [-0.3, -0.25) is 9.78 Å². The molecule has 0 unspecified atom stereocenters. The SMILES string of the molecule is C[C@H](CNC(=O)c1ccsc1)Oc1cccnc1. The minimum absolute atomic E-state index is 0.0714. The first-order chi connectivity index (χ1) is 8.75. The molecule has 0 bridgehead atoms. The monoisotopic (exact) mass is 262 g/mol. The van der Waals surface area contributed by atoms with Crippen LogP contribution in [0.5, 0.6) is 5.75 Å². The van der Waals surface area contributed by atoms with E-state index in [9.17, 15) is 4.79 Å². The van der Waals surface area contributed by atoms with Crippen molar-refractivity contribution in [1.82, 2.24) is 10.3 Å². The molecule has 0 aliphatic carbocycles. The Morgan fingerprint density at radius 1 is 1.56 bits per heavy atom. The van der Waals surface area contributed by atoms with E-state index in [0.29, 0.717) is 17.9 Å². The van der Waals surface area contributed by atoms with Crippen LogP contribution in [0, 0.1) is 0 Å². The molecule has 0 fully saturated rings. The Balaban J connectivity index is 1.78. The molecule has 4 nitrogen and oxygen atoms in total. The maximum absolute atomic E-state index is 11.7. The smallest absolute Gasteiger partial charge is 0.252 e. The van der Waals surface area contributed by atoms with Gasteiger partial charge in [-0.1, -0.05) is 0 Å². The Morgan fingerprint density at radius 3 is 3.11 bits per heavy atom. The highest BCUT2D eigenvalue weighted by molar-refractivity contribution is 7.08. The predicted octanol–water partition coefficient (Wildman–Crippen LogP) is 2.34. The molecule has 5 heteroatoms. The van der Waals surface area contributed by atoms with E-state index in [-0.39, 0.29) is 12.0 Å². The molecular weight excluding hydrogens is 248 g/mol. The maximum atomic E-state index is 11.7. The average molecular weight is 262 g/mol. The number of pyridine rings is 1. The quantitative estimate of drug-likeness (QED) is 0.899. The number of hydrogen-bond donors (Lipinski definition) is 1. The Hall–Kier alpha value is -1.88. The number of ether oxygens (including phenoxy) is 1. The summed E-state index contributed by atoms with van der Waals surface area (Å²) < 4.78 is 5.61. The second kappa shape index (κ2) is 6.16. The summed E-state index contributed by atoms with van der Waals surface area (Å²) in [5.41, 5.74) is 0.688. The van der Waals surface area contributed by atoms with Crippen LogP contribution < -0.4 is 10.1 Å². The van der Waals surface area contributed by atoms with Gasteiger partial charge in [-0.25, -0.2) is 0 Å². The van der Waals surface area contributed by atoms with Crippen molar-refractivity contribution < 1.29 is 9.53 Å². The highest BCUT2D eigenvalue weighted by Crippen LogP contribution is 2.09. The molecule has 2 rings (SSSR count). The van der Waals surface area contributed by atoms with Gasteiger partial charge in [-0.05, 0) is 30.5 Å². The summed E-state index contributed by atoms with van der Waals surface area (Å²) in [5, 5.41) is 6.53. The summed E-state index contributed by atoms with van der Waals surface area (Å²) in [7, 11) is 0. The van der Waals surface area contributed by atoms with Gasteiger partial charge < -0.3 is 10.1 Å². The number of rotatable bonds is 5. The van der Waals surface area contributed by atoms with Gasteiger partial charge in [0.1, 0.15) is 11.9 Å². The minimum atomic E-state index is -0.100. The lowest BCUT2D eigenvalue weighted by molar-refractivity contribution is 0.0932. The summed E-state index contributed by atoms with van der Waals surface area (Å²) in [5.74, 6) is 0.632. The Kier molecular flexibility index (Phi) is 4.30. The van der Waals surface area contributed by atoms with Crippen molar-refractivity contribution in [3.05, 3.63) is 46.9 Å². The third-order valence-corrected chi connectivity index (χ3v) is 2.99. The van der Waals surface area contributed by atoms with E-state index >= 15 is 0 Å². The summed E-state index contributed by atoms with van der Waals surface area (Å²) in [4.78, 5) is 15.7. The van der Waals surface area contributed by atoms with E-state index < -0.39 is 0 Å². The molecule has 94 valence electrons. The number of hydrogen-bond acceptors (Lipinski definition) is 4. The third-order valence-electron chi connectivity index (χ3n) is 2.31. The maximum Gasteiger partial charge on any atom is 0.252 e. The minimum Gasteiger partial charge on any atom is -0.487 e. The zero-order valence-corrected chi connectivity index (χ0v) is 10.8.